The standard InChI is InChI=1S/C8H7BrCl2O2/c9-5-3-7(11)8(4-6(5)10)13-2-1-12/h3-4,12H,1-2H2. The van der Waals surface area contributed by atoms with Crippen LogP contribution in [-0.4, -0.2) is 18.3 Å². The van der Waals surface area contributed by atoms with Crippen molar-refractivity contribution in [2.75, 3.05) is 13.2 Å². The van der Waals surface area contributed by atoms with Crippen LogP contribution in [0.15, 0.2) is 16.6 Å². The lowest BCUT2D eigenvalue weighted by atomic mass is 10.3. The number of aliphatic hydroxyl groups is 1. The van der Waals surface area contributed by atoms with Gasteiger partial charge in [-0.25, -0.2) is 0 Å². The van der Waals surface area contributed by atoms with Gasteiger partial charge in [0, 0.05) is 10.5 Å². The first-order valence-corrected chi connectivity index (χ1v) is 5.08. The van der Waals surface area contributed by atoms with Gasteiger partial charge in [0.2, 0.25) is 0 Å². The number of hydrogen-bond donors (Lipinski definition) is 1. The Hall–Kier alpha value is 0.0400. The molecule has 0 saturated heterocycles. The molecule has 2 nitrogen and oxygen atoms in total. The quantitative estimate of drug-likeness (QED) is 0.865. The summed E-state index contributed by atoms with van der Waals surface area (Å²) in [5, 5.41) is 9.52. The smallest absolute Gasteiger partial charge is 0.139 e. The van der Waals surface area contributed by atoms with Crippen LogP contribution in [0.2, 0.25) is 10.0 Å². The van der Waals surface area contributed by atoms with Crippen LogP contribution in [0, 0.1) is 0 Å². The van der Waals surface area contributed by atoms with E-state index in [-0.39, 0.29) is 13.2 Å². The zero-order chi connectivity index (χ0) is 9.84. The van der Waals surface area contributed by atoms with E-state index in [1.165, 1.54) is 0 Å². The lowest BCUT2D eigenvalue weighted by molar-refractivity contribution is 0.201. The summed E-state index contributed by atoms with van der Waals surface area (Å²) < 4.78 is 5.85. The van der Waals surface area contributed by atoms with Gasteiger partial charge in [-0.3, -0.25) is 0 Å². The minimum atomic E-state index is -0.0516. The molecule has 0 fully saturated rings. The molecule has 0 atom stereocenters. The molecular weight excluding hydrogens is 279 g/mol. The van der Waals surface area contributed by atoms with Gasteiger partial charge in [0.1, 0.15) is 12.4 Å². The Bertz CT molecular complexity index is 304. The Morgan fingerprint density at radius 2 is 2.00 bits per heavy atom. The molecule has 0 aliphatic carbocycles. The molecule has 0 aliphatic rings. The Balaban J connectivity index is 2.88. The van der Waals surface area contributed by atoms with Gasteiger partial charge in [-0.1, -0.05) is 23.2 Å². The Morgan fingerprint density at radius 3 is 2.62 bits per heavy atom. The SMILES string of the molecule is OCCOc1cc(Cl)c(Br)cc1Cl. The molecule has 0 aromatic heterocycles. The fraction of sp³-hybridized carbons (Fsp3) is 0.250. The third-order valence-corrected chi connectivity index (χ3v) is 2.82. The summed E-state index contributed by atoms with van der Waals surface area (Å²) in [6, 6.07) is 3.25. The van der Waals surface area contributed by atoms with Crippen molar-refractivity contribution in [2.45, 2.75) is 0 Å². The predicted octanol–water partition coefficient (Wildman–Crippen LogP) is 3.13. The van der Waals surface area contributed by atoms with Crippen molar-refractivity contribution in [3.05, 3.63) is 26.7 Å². The summed E-state index contributed by atoms with van der Waals surface area (Å²) in [6.07, 6.45) is 0. The zero-order valence-corrected chi connectivity index (χ0v) is 9.66. The highest BCUT2D eigenvalue weighted by Gasteiger charge is 2.05. The van der Waals surface area contributed by atoms with E-state index in [0.717, 1.165) is 4.47 Å². The molecule has 1 aromatic rings. The molecule has 0 unspecified atom stereocenters. The van der Waals surface area contributed by atoms with E-state index in [1.54, 1.807) is 12.1 Å². The third-order valence-electron chi connectivity index (χ3n) is 1.32. The fourth-order valence-corrected chi connectivity index (χ4v) is 1.62. The highest BCUT2D eigenvalue weighted by Crippen LogP contribution is 2.33. The van der Waals surface area contributed by atoms with E-state index in [1.807, 2.05) is 0 Å². The molecule has 72 valence electrons. The summed E-state index contributed by atoms with van der Waals surface area (Å²) >= 11 is 14.9. The average molecular weight is 286 g/mol. The number of hydrogen-bond acceptors (Lipinski definition) is 2. The second kappa shape index (κ2) is 5.05. The summed E-state index contributed by atoms with van der Waals surface area (Å²) in [5.74, 6) is 0.476. The average Bonchev–Trinajstić information content (AvgIpc) is 2.09. The van der Waals surface area contributed by atoms with Gasteiger partial charge in [0.25, 0.3) is 0 Å². The summed E-state index contributed by atoms with van der Waals surface area (Å²) in [6.45, 7) is 0.154. The number of halogens is 3. The van der Waals surface area contributed by atoms with Crippen LogP contribution in [-0.2, 0) is 0 Å². The Morgan fingerprint density at radius 1 is 1.31 bits per heavy atom. The first-order valence-electron chi connectivity index (χ1n) is 3.53. The molecule has 13 heavy (non-hydrogen) atoms. The molecule has 5 heteroatoms. The maximum atomic E-state index is 8.53. The second-order valence-corrected chi connectivity index (χ2v) is 3.94. The van der Waals surface area contributed by atoms with Crippen molar-refractivity contribution < 1.29 is 9.84 Å². The van der Waals surface area contributed by atoms with Crippen LogP contribution in [0.3, 0.4) is 0 Å². The fourth-order valence-electron chi connectivity index (χ4n) is 0.771. The van der Waals surface area contributed by atoms with Crippen molar-refractivity contribution in [1.82, 2.24) is 0 Å². The molecule has 0 bridgehead atoms. The van der Waals surface area contributed by atoms with Crippen LogP contribution < -0.4 is 4.74 Å². The third kappa shape index (κ3) is 3.02. The van der Waals surface area contributed by atoms with Gasteiger partial charge in [-0.15, -0.1) is 0 Å². The van der Waals surface area contributed by atoms with Crippen LogP contribution >= 0.6 is 39.1 Å². The number of aliphatic hydroxyl groups excluding tert-OH is 1. The van der Waals surface area contributed by atoms with Crippen LogP contribution in [0.4, 0.5) is 0 Å². The molecule has 0 spiro atoms. The maximum absolute atomic E-state index is 8.53. The van der Waals surface area contributed by atoms with E-state index in [9.17, 15) is 0 Å². The molecule has 0 aliphatic heterocycles. The number of benzene rings is 1. The minimum Gasteiger partial charge on any atom is -0.490 e. The largest absolute Gasteiger partial charge is 0.490 e. The van der Waals surface area contributed by atoms with Gasteiger partial charge in [-0.05, 0) is 22.0 Å². The first kappa shape index (κ1) is 11.1. The second-order valence-electron chi connectivity index (χ2n) is 2.27. The predicted molar refractivity (Wildman–Crippen MR) is 56.7 cm³/mol. The monoisotopic (exact) mass is 284 g/mol. The zero-order valence-electron chi connectivity index (χ0n) is 6.56. The molecule has 0 saturated carbocycles. The molecular formula is C8H7BrCl2O2. The molecule has 1 rings (SSSR count). The molecule has 0 amide bonds. The van der Waals surface area contributed by atoms with E-state index in [2.05, 4.69) is 15.9 Å². The summed E-state index contributed by atoms with van der Waals surface area (Å²) in [5.41, 5.74) is 0. The van der Waals surface area contributed by atoms with E-state index < -0.39 is 0 Å². The van der Waals surface area contributed by atoms with E-state index >= 15 is 0 Å². The molecule has 0 heterocycles. The van der Waals surface area contributed by atoms with Crippen molar-refractivity contribution >= 4 is 39.1 Å². The van der Waals surface area contributed by atoms with Crippen LogP contribution in [0.1, 0.15) is 0 Å². The van der Waals surface area contributed by atoms with Crippen molar-refractivity contribution in [1.29, 1.82) is 0 Å². The van der Waals surface area contributed by atoms with Crippen molar-refractivity contribution in [3.63, 3.8) is 0 Å². The molecule has 1 aromatic carbocycles. The normalized spacial score (nSPS) is 10.2. The Kier molecular flexibility index (Phi) is 4.32. The topological polar surface area (TPSA) is 29.5 Å². The lowest BCUT2D eigenvalue weighted by Crippen LogP contribution is -2.01. The molecule has 0 radical (unpaired) electrons. The number of rotatable bonds is 3. The van der Waals surface area contributed by atoms with Crippen molar-refractivity contribution in [3.8, 4) is 5.75 Å². The Labute approximate surface area is 94.5 Å². The van der Waals surface area contributed by atoms with Crippen LogP contribution in [0.25, 0.3) is 0 Å². The van der Waals surface area contributed by atoms with E-state index in [4.69, 9.17) is 33.0 Å². The van der Waals surface area contributed by atoms with Crippen LogP contribution in [0.5, 0.6) is 5.75 Å². The first-order chi connectivity index (χ1) is 6.15. The van der Waals surface area contributed by atoms with Gasteiger partial charge in [0.05, 0.1) is 16.7 Å². The van der Waals surface area contributed by atoms with Gasteiger partial charge >= 0.3 is 0 Å². The van der Waals surface area contributed by atoms with Gasteiger partial charge in [-0.2, -0.15) is 0 Å². The highest BCUT2D eigenvalue weighted by atomic mass is 79.9. The van der Waals surface area contributed by atoms with Gasteiger partial charge in [0.15, 0.2) is 0 Å². The lowest BCUT2D eigenvalue weighted by Gasteiger charge is -2.07. The summed E-state index contributed by atoms with van der Waals surface area (Å²) in [7, 11) is 0. The highest BCUT2D eigenvalue weighted by molar-refractivity contribution is 9.10. The summed E-state index contributed by atoms with van der Waals surface area (Å²) in [4.78, 5) is 0. The molecule has 1 N–H and O–H groups in total. The van der Waals surface area contributed by atoms with Crippen molar-refractivity contribution in [2.24, 2.45) is 0 Å². The maximum Gasteiger partial charge on any atom is 0.139 e. The number of ether oxygens (including phenoxy) is 1. The van der Waals surface area contributed by atoms with E-state index in [0.29, 0.717) is 15.8 Å². The minimum absolute atomic E-state index is 0.0516. The van der Waals surface area contributed by atoms with Gasteiger partial charge < -0.3 is 9.84 Å².